The summed E-state index contributed by atoms with van der Waals surface area (Å²) in [4.78, 5) is 7.16. The third-order valence-corrected chi connectivity index (χ3v) is 2.51. The molecule has 3 nitrogen and oxygen atoms in total. The van der Waals surface area contributed by atoms with Crippen molar-refractivity contribution in [2.45, 2.75) is 6.42 Å². The molecule has 0 aliphatic heterocycles. The summed E-state index contributed by atoms with van der Waals surface area (Å²) in [5, 5.41) is 9.63. The van der Waals surface area contributed by atoms with Crippen LogP contribution >= 0.6 is 15.9 Å². The van der Waals surface area contributed by atoms with Crippen molar-refractivity contribution in [3.8, 4) is 6.07 Å². The van der Waals surface area contributed by atoms with Crippen molar-refractivity contribution in [2.24, 2.45) is 0 Å². The van der Waals surface area contributed by atoms with Gasteiger partial charge in [0.2, 0.25) is 0 Å². The molecule has 0 amide bonds. The van der Waals surface area contributed by atoms with E-state index in [4.69, 9.17) is 5.26 Å². The molecule has 0 fully saturated rings. The van der Waals surface area contributed by atoms with E-state index in [-0.39, 0.29) is 0 Å². The fourth-order valence-electron chi connectivity index (χ4n) is 1.31. The van der Waals surface area contributed by atoms with Crippen LogP contribution in [0.1, 0.15) is 5.56 Å². The lowest BCUT2D eigenvalue weighted by Crippen LogP contribution is -1.79. The summed E-state index contributed by atoms with van der Waals surface area (Å²) in [6.07, 6.45) is 4.00. The van der Waals surface area contributed by atoms with Crippen LogP contribution in [-0.2, 0) is 6.42 Å². The number of pyridine rings is 1. The number of fused-ring (bicyclic) bond motifs is 1. The number of nitrogens with zero attached hydrogens (tertiary/aromatic N) is 2. The summed E-state index contributed by atoms with van der Waals surface area (Å²) in [6, 6.07) is 4.03. The van der Waals surface area contributed by atoms with Crippen LogP contribution in [0, 0.1) is 11.3 Å². The molecule has 0 aromatic carbocycles. The summed E-state index contributed by atoms with van der Waals surface area (Å²) in [5.41, 5.74) is 1.97. The zero-order valence-corrected chi connectivity index (χ0v) is 8.30. The molecule has 2 aromatic rings. The molecule has 0 aliphatic carbocycles. The molecular formula is C9H6BrN3. The Labute approximate surface area is 83.5 Å². The van der Waals surface area contributed by atoms with Gasteiger partial charge in [0.25, 0.3) is 0 Å². The minimum atomic E-state index is 0.427. The summed E-state index contributed by atoms with van der Waals surface area (Å²) < 4.78 is 0.786. The van der Waals surface area contributed by atoms with Crippen molar-refractivity contribution in [3.63, 3.8) is 0 Å². The van der Waals surface area contributed by atoms with Crippen LogP contribution in [0.2, 0.25) is 0 Å². The van der Waals surface area contributed by atoms with Crippen LogP contribution in [-0.4, -0.2) is 9.97 Å². The van der Waals surface area contributed by atoms with Gasteiger partial charge in [0.15, 0.2) is 0 Å². The lowest BCUT2D eigenvalue weighted by molar-refractivity contribution is 1.27. The topological polar surface area (TPSA) is 52.5 Å². The van der Waals surface area contributed by atoms with E-state index in [1.807, 2.05) is 12.3 Å². The minimum absolute atomic E-state index is 0.427. The quantitative estimate of drug-likeness (QED) is 0.773. The van der Waals surface area contributed by atoms with Crippen molar-refractivity contribution >= 4 is 26.8 Å². The fourth-order valence-corrected chi connectivity index (χ4v) is 1.76. The molecule has 0 aliphatic rings. The molecule has 2 rings (SSSR count). The van der Waals surface area contributed by atoms with E-state index >= 15 is 0 Å². The van der Waals surface area contributed by atoms with Crippen molar-refractivity contribution in [3.05, 3.63) is 28.6 Å². The van der Waals surface area contributed by atoms with E-state index in [9.17, 15) is 0 Å². The molecule has 0 spiro atoms. The maximum Gasteiger partial charge on any atom is 0.130 e. The number of hydrogen-bond acceptors (Lipinski definition) is 2. The first-order chi connectivity index (χ1) is 6.33. The number of rotatable bonds is 1. The Morgan fingerprint density at radius 2 is 2.46 bits per heavy atom. The summed E-state index contributed by atoms with van der Waals surface area (Å²) in [6.45, 7) is 0. The van der Waals surface area contributed by atoms with Gasteiger partial charge in [0.05, 0.1) is 18.0 Å². The Morgan fingerprint density at radius 3 is 3.23 bits per heavy atom. The van der Waals surface area contributed by atoms with Gasteiger partial charge in [-0.3, -0.25) is 0 Å². The van der Waals surface area contributed by atoms with Crippen molar-refractivity contribution in [1.82, 2.24) is 9.97 Å². The van der Waals surface area contributed by atoms with Gasteiger partial charge in [-0.15, -0.1) is 0 Å². The van der Waals surface area contributed by atoms with Crippen LogP contribution in [0.25, 0.3) is 10.9 Å². The van der Waals surface area contributed by atoms with Crippen LogP contribution < -0.4 is 0 Å². The first-order valence-electron chi connectivity index (χ1n) is 3.80. The molecular weight excluding hydrogens is 230 g/mol. The maximum absolute atomic E-state index is 8.58. The van der Waals surface area contributed by atoms with E-state index in [1.54, 1.807) is 6.20 Å². The molecule has 64 valence electrons. The third kappa shape index (κ3) is 1.31. The first-order valence-corrected chi connectivity index (χ1v) is 4.59. The smallest absolute Gasteiger partial charge is 0.130 e. The predicted octanol–water partition coefficient (Wildman–Crippen LogP) is 2.39. The van der Waals surface area contributed by atoms with Crippen LogP contribution in [0.15, 0.2) is 23.1 Å². The summed E-state index contributed by atoms with van der Waals surface area (Å²) in [5.74, 6) is 0. The molecule has 0 atom stereocenters. The Balaban J connectivity index is 2.70. The zero-order valence-electron chi connectivity index (χ0n) is 6.71. The molecule has 1 N–H and O–H groups in total. The summed E-state index contributed by atoms with van der Waals surface area (Å²) in [7, 11) is 0. The molecule has 0 bridgehead atoms. The van der Waals surface area contributed by atoms with E-state index in [1.165, 1.54) is 0 Å². The maximum atomic E-state index is 8.58. The highest BCUT2D eigenvalue weighted by molar-refractivity contribution is 9.10. The highest BCUT2D eigenvalue weighted by Gasteiger charge is 2.05. The van der Waals surface area contributed by atoms with Gasteiger partial charge < -0.3 is 4.98 Å². The number of aromatic nitrogens is 2. The minimum Gasteiger partial charge on any atom is -0.359 e. The van der Waals surface area contributed by atoms with Gasteiger partial charge in [0, 0.05) is 17.8 Å². The number of halogens is 1. The Hall–Kier alpha value is -1.34. The lowest BCUT2D eigenvalue weighted by atomic mass is 10.2. The second kappa shape index (κ2) is 3.19. The molecule has 13 heavy (non-hydrogen) atoms. The largest absolute Gasteiger partial charge is 0.359 e. The lowest BCUT2D eigenvalue weighted by Gasteiger charge is -1.93. The Bertz CT molecular complexity index is 481. The van der Waals surface area contributed by atoms with Gasteiger partial charge in [-0.1, -0.05) is 0 Å². The van der Waals surface area contributed by atoms with Gasteiger partial charge in [-0.05, 0) is 27.6 Å². The van der Waals surface area contributed by atoms with E-state index in [0.29, 0.717) is 6.42 Å². The predicted molar refractivity (Wildman–Crippen MR) is 53.1 cm³/mol. The van der Waals surface area contributed by atoms with E-state index in [2.05, 4.69) is 32.0 Å². The van der Waals surface area contributed by atoms with E-state index < -0.39 is 0 Å². The molecule has 2 aromatic heterocycles. The number of nitrogens with one attached hydrogen (secondary N) is 1. The Morgan fingerprint density at radius 1 is 1.62 bits per heavy atom. The molecule has 2 heterocycles. The number of H-pyrrole nitrogens is 1. The monoisotopic (exact) mass is 235 g/mol. The highest BCUT2D eigenvalue weighted by Crippen LogP contribution is 2.23. The third-order valence-electron chi connectivity index (χ3n) is 1.91. The van der Waals surface area contributed by atoms with Crippen molar-refractivity contribution < 1.29 is 0 Å². The van der Waals surface area contributed by atoms with Gasteiger partial charge in [-0.2, -0.15) is 5.26 Å². The van der Waals surface area contributed by atoms with Gasteiger partial charge in [-0.25, -0.2) is 4.98 Å². The standard InChI is InChI=1S/C9H6BrN3/c10-9-8-7(2-4-12-9)6(1-3-11)5-13-8/h2,4-5,13H,1H2. The normalized spacial score (nSPS) is 10.2. The van der Waals surface area contributed by atoms with Crippen molar-refractivity contribution in [1.29, 1.82) is 5.26 Å². The van der Waals surface area contributed by atoms with Crippen LogP contribution in [0.5, 0.6) is 0 Å². The van der Waals surface area contributed by atoms with Crippen LogP contribution in [0.4, 0.5) is 0 Å². The molecule has 0 saturated carbocycles. The number of nitriles is 1. The van der Waals surface area contributed by atoms with Crippen LogP contribution in [0.3, 0.4) is 0 Å². The number of aromatic amines is 1. The Kier molecular flexibility index (Phi) is 2.03. The average Bonchev–Trinajstić information content (AvgIpc) is 2.51. The second-order valence-corrected chi connectivity index (χ2v) is 3.42. The zero-order chi connectivity index (χ0) is 9.26. The SMILES string of the molecule is N#CCc1c[nH]c2c(Br)nccc12. The number of hydrogen-bond donors (Lipinski definition) is 1. The van der Waals surface area contributed by atoms with Gasteiger partial charge >= 0.3 is 0 Å². The molecule has 4 heteroatoms. The highest BCUT2D eigenvalue weighted by atomic mass is 79.9. The second-order valence-electron chi connectivity index (χ2n) is 2.67. The fraction of sp³-hybridized carbons (Fsp3) is 0.111. The van der Waals surface area contributed by atoms with Crippen molar-refractivity contribution in [2.75, 3.05) is 0 Å². The average molecular weight is 236 g/mol. The molecule has 0 saturated heterocycles. The first kappa shape index (κ1) is 8.27. The summed E-state index contributed by atoms with van der Waals surface area (Å²) >= 11 is 3.34. The molecule has 0 unspecified atom stereocenters. The van der Waals surface area contributed by atoms with E-state index in [0.717, 1.165) is 21.1 Å². The van der Waals surface area contributed by atoms with Gasteiger partial charge in [0.1, 0.15) is 4.60 Å². The molecule has 0 radical (unpaired) electrons.